The predicted octanol–water partition coefficient (Wildman–Crippen LogP) is 6.39. The summed E-state index contributed by atoms with van der Waals surface area (Å²) < 4.78 is 9.82. The quantitative estimate of drug-likeness (QED) is 0.103. The van der Waals surface area contributed by atoms with Crippen LogP contribution in [0.2, 0.25) is 0 Å². The molecule has 0 rings (SSSR count). The number of ether oxygens (including phenoxy) is 2. The fourth-order valence-corrected chi connectivity index (χ4v) is 4.09. The summed E-state index contributed by atoms with van der Waals surface area (Å²) >= 11 is 0. The highest BCUT2D eigenvalue weighted by molar-refractivity contribution is 5.80. The Morgan fingerprint density at radius 1 is 0.611 bits per heavy atom. The summed E-state index contributed by atoms with van der Waals surface area (Å²) in [5.41, 5.74) is 0. The Hall–Kier alpha value is -1.63. The summed E-state index contributed by atoms with van der Waals surface area (Å²) in [6, 6.07) is 0. The van der Waals surface area contributed by atoms with Gasteiger partial charge in [0.2, 0.25) is 5.91 Å². The van der Waals surface area contributed by atoms with Gasteiger partial charge in [-0.3, -0.25) is 14.4 Å². The molecule has 0 aliphatic carbocycles. The average Bonchev–Trinajstić information content (AvgIpc) is 2.86. The largest absolute Gasteiger partial charge is 0.463 e. The molecule has 0 saturated carbocycles. The summed E-state index contributed by atoms with van der Waals surface area (Å²) in [5.74, 6) is -1.33. The smallest absolute Gasteiger partial charge is 0.325 e. The maximum atomic E-state index is 11.8. The molecule has 0 aromatic carbocycles. The van der Waals surface area contributed by atoms with Gasteiger partial charge in [0.1, 0.15) is 25.9 Å². The minimum Gasteiger partial charge on any atom is -0.463 e. The van der Waals surface area contributed by atoms with Crippen LogP contribution in [-0.2, 0) is 23.9 Å². The van der Waals surface area contributed by atoms with Crippen molar-refractivity contribution in [1.82, 2.24) is 5.32 Å². The van der Waals surface area contributed by atoms with Gasteiger partial charge < -0.3 is 19.9 Å². The Balaban J connectivity index is 3.31. The van der Waals surface area contributed by atoms with Crippen molar-refractivity contribution < 1.29 is 29.0 Å². The summed E-state index contributed by atoms with van der Waals surface area (Å²) in [7, 11) is 0. The Morgan fingerprint density at radius 2 is 0.972 bits per heavy atom. The monoisotopic (exact) mass is 513 g/mol. The average molecular weight is 514 g/mol. The molecule has 1 atom stereocenters. The van der Waals surface area contributed by atoms with Crippen molar-refractivity contribution in [2.45, 2.75) is 148 Å². The lowest BCUT2D eigenvalue weighted by molar-refractivity contribution is -0.152. The maximum Gasteiger partial charge on any atom is 0.325 e. The second-order valence-corrected chi connectivity index (χ2v) is 10.0. The van der Waals surface area contributed by atoms with Crippen molar-refractivity contribution >= 4 is 17.8 Å². The van der Waals surface area contributed by atoms with E-state index in [0.29, 0.717) is 6.42 Å². The van der Waals surface area contributed by atoms with Gasteiger partial charge in [-0.05, 0) is 6.42 Å². The molecule has 2 N–H and O–H groups in total. The molecule has 0 spiro atoms. The van der Waals surface area contributed by atoms with Gasteiger partial charge in [0.25, 0.3) is 0 Å². The number of rotatable bonds is 26. The Labute approximate surface area is 220 Å². The number of hydrogen-bond donors (Lipinski definition) is 2. The van der Waals surface area contributed by atoms with Crippen LogP contribution >= 0.6 is 0 Å². The molecule has 0 bridgehead atoms. The molecule has 0 saturated heterocycles. The minimum atomic E-state index is -1.07. The number of unbranched alkanes of at least 4 members (excludes halogenated alkanes) is 18. The van der Waals surface area contributed by atoms with Gasteiger partial charge in [0, 0.05) is 13.3 Å². The molecule has 36 heavy (non-hydrogen) atoms. The molecular weight excluding hydrogens is 458 g/mol. The first-order chi connectivity index (χ1) is 17.5. The number of esters is 2. The zero-order chi connectivity index (χ0) is 26.7. The Morgan fingerprint density at radius 3 is 1.36 bits per heavy atom. The second-order valence-electron chi connectivity index (χ2n) is 10.0. The fourth-order valence-electron chi connectivity index (χ4n) is 4.09. The van der Waals surface area contributed by atoms with Gasteiger partial charge in [-0.25, -0.2) is 0 Å². The van der Waals surface area contributed by atoms with Crippen molar-refractivity contribution in [3.8, 4) is 0 Å². The fraction of sp³-hybridized carbons (Fsp3) is 0.897. The van der Waals surface area contributed by atoms with E-state index in [9.17, 15) is 19.5 Å². The molecule has 0 fully saturated rings. The molecule has 212 valence electrons. The van der Waals surface area contributed by atoms with Crippen LogP contribution < -0.4 is 5.32 Å². The lowest BCUT2D eigenvalue weighted by Crippen LogP contribution is -2.31. The third-order valence-electron chi connectivity index (χ3n) is 6.34. The number of hydrogen-bond acceptors (Lipinski definition) is 6. The molecule has 0 heterocycles. The third kappa shape index (κ3) is 27.0. The Bertz CT molecular complexity index is 540. The van der Waals surface area contributed by atoms with E-state index in [4.69, 9.17) is 9.47 Å². The van der Waals surface area contributed by atoms with E-state index in [0.717, 1.165) is 19.3 Å². The number of carbonyl (C=O) groups excluding carboxylic acids is 3. The van der Waals surface area contributed by atoms with Crippen LogP contribution in [0.4, 0.5) is 0 Å². The SMILES string of the molecule is CCCCCCCCCCCCCCCCCCCCCC(=O)OCC(O)COC(=O)CNC(C)=O. The molecule has 0 radical (unpaired) electrons. The van der Waals surface area contributed by atoms with Gasteiger partial charge in [-0.1, -0.05) is 122 Å². The molecule has 7 nitrogen and oxygen atoms in total. The first-order valence-corrected chi connectivity index (χ1v) is 14.7. The zero-order valence-electron chi connectivity index (χ0n) is 23.3. The molecule has 1 unspecified atom stereocenters. The molecule has 0 aromatic heterocycles. The standard InChI is InChI=1S/C29H55NO6/c1-3-4-5-6-7-8-9-10-11-12-13-14-15-16-17-18-19-20-21-22-28(33)35-24-27(32)25-36-29(34)23-30-26(2)31/h27,32H,3-25H2,1-2H3,(H,30,31). The molecule has 0 aliphatic heterocycles. The van der Waals surface area contributed by atoms with E-state index < -0.39 is 12.1 Å². The maximum absolute atomic E-state index is 11.8. The van der Waals surface area contributed by atoms with Gasteiger partial charge in [-0.15, -0.1) is 0 Å². The van der Waals surface area contributed by atoms with E-state index in [1.165, 1.54) is 110 Å². The summed E-state index contributed by atoms with van der Waals surface area (Å²) in [6.07, 6.45) is 24.2. The van der Waals surface area contributed by atoms with E-state index in [-0.39, 0.29) is 31.6 Å². The van der Waals surface area contributed by atoms with Crippen LogP contribution in [0.1, 0.15) is 142 Å². The highest BCUT2D eigenvalue weighted by atomic mass is 16.6. The van der Waals surface area contributed by atoms with Crippen LogP contribution in [0.5, 0.6) is 0 Å². The number of amides is 1. The molecule has 0 aromatic rings. The van der Waals surface area contributed by atoms with Crippen molar-refractivity contribution in [3.05, 3.63) is 0 Å². The van der Waals surface area contributed by atoms with E-state index in [2.05, 4.69) is 12.2 Å². The summed E-state index contributed by atoms with van der Waals surface area (Å²) in [6.45, 7) is 2.84. The van der Waals surface area contributed by atoms with Gasteiger partial charge in [-0.2, -0.15) is 0 Å². The molecular formula is C29H55NO6. The van der Waals surface area contributed by atoms with Crippen molar-refractivity contribution in [2.24, 2.45) is 0 Å². The van der Waals surface area contributed by atoms with Crippen molar-refractivity contribution in [3.63, 3.8) is 0 Å². The van der Waals surface area contributed by atoms with E-state index >= 15 is 0 Å². The normalized spacial score (nSPS) is 11.8. The van der Waals surface area contributed by atoms with Gasteiger partial charge in [0.15, 0.2) is 0 Å². The van der Waals surface area contributed by atoms with Crippen LogP contribution in [-0.4, -0.2) is 48.8 Å². The highest BCUT2D eigenvalue weighted by Gasteiger charge is 2.12. The van der Waals surface area contributed by atoms with E-state index in [1.807, 2.05) is 0 Å². The second kappa shape index (κ2) is 26.4. The first kappa shape index (κ1) is 34.4. The predicted molar refractivity (Wildman–Crippen MR) is 145 cm³/mol. The number of aliphatic hydroxyl groups excluding tert-OH is 1. The zero-order valence-corrected chi connectivity index (χ0v) is 23.3. The number of aliphatic hydroxyl groups is 1. The van der Waals surface area contributed by atoms with Crippen molar-refractivity contribution in [2.75, 3.05) is 19.8 Å². The summed E-state index contributed by atoms with van der Waals surface area (Å²) in [5, 5.41) is 12.0. The van der Waals surface area contributed by atoms with Crippen LogP contribution in [0.15, 0.2) is 0 Å². The number of carbonyl (C=O) groups is 3. The van der Waals surface area contributed by atoms with E-state index in [1.54, 1.807) is 0 Å². The first-order valence-electron chi connectivity index (χ1n) is 14.7. The topological polar surface area (TPSA) is 102 Å². The lowest BCUT2D eigenvalue weighted by Gasteiger charge is -2.12. The minimum absolute atomic E-state index is 0.203. The highest BCUT2D eigenvalue weighted by Crippen LogP contribution is 2.15. The van der Waals surface area contributed by atoms with Crippen LogP contribution in [0, 0.1) is 0 Å². The Kier molecular flexibility index (Phi) is 25.2. The van der Waals surface area contributed by atoms with Crippen LogP contribution in [0.3, 0.4) is 0 Å². The summed E-state index contributed by atoms with van der Waals surface area (Å²) in [4.78, 5) is 33.8. The van der Waals surface area contributed by atoms with Gasteiger partial charge in [0.05, 0.1) is 0 Å². The van der Waals surface area contributed by atoms with Crippen molar-refractivity contribution in [1.29, 1.82) is 0 Å². The molecule has 0 aliphatic rings. The van der Waals surface area contributed by atoms with Gasteiger partial charge >= 0.3 is 11.9 Å². The third-order valence-corrected chi connectivity index (χ3v) is 6.34. The lowest BCUT2D eigenvalue weighted by atomic mass is 10.0. The van der Waals surface area contributed by atoms with Crippen LogP contribution in [0.25, 0.3) is 0 Å². The number of nitrogens with one attached hydrogen (secondary N) is 1. The molecule has 7 heteroatoms. The molecule has 1 amide bonds.